The molecule has 1 spiro atoms. The summed E-state index contributed by atoms with van der Waals surface area (Å²) in [5.41, 5.74) is 4.12. The molecule has 0 unspecified atom stereocenters. The summed E-state index contributed by atoms with van der Waals surface area (Å²) in [5.74, 6) is -0.124. The molecule has 3 fully saturated rings. The predicted octanol–water partition coefficient (Wildman–Crippen LogP) is 5.76. The van der Waals surface area contributed by atoms with Crippen LogP contribution >= 0.6 is 0 Å². The van der Waals surface area contributed by atoms with Gasteiger partial charge in [-0.3, -0.25) is 9.89 Å². The number of rotatable bonds is 9. The van der Waals surface area contributed by atoms with Crippen molar-refractivity contribution in [2.24, 2.45) is 5.41 Å². The van der Waals surface area contributed by atoms with Gasteiger partial charge in [0.2, 0.25) is 5.91 Å². The molecule has 0 bridgehead atoms. The Morgan fingerprint density at radius 1 is 1.12 bits per heavy atom. The molecule has 3 saturated heterocycles. The van der Waals surface area contributed by atoms with Gasteiger partial charge in [-0.1, -0.05) is 25.3 Å². The van der Waals surface area contributed by atoms with E-state index in [1.165, 1.54) is 6.08 Å². The standard InChI is InChI=1S/C35H38F3N7O3/c1-5-23-29(28-21(3)9-10-26-24(28)15-40-42-26)32(48-20-35(36,37)38)30-25(14-39-33(41-30)47-16-22-8-7-12-43(22)4)31(23)44-13-11-34(17-44)18-45(19-34)27(46)6-2/h5-6,9-10,14-15,22H,1-2,7-8,11-13,16-20H2,3-4H3,(H,40,42)/t22-/m0/s1. The Kier molecular flexibility index (Phi) is 8.05. The van der Waals surface area contributed by atoms with Crippen LogP contribution in [0.25, 0.3) is 39.0 Å². The van der Waals surface area contributed by atoms with Crippen LogP contribution in [0.2, 0.25) is 0 Å². The molecule has 1 atom stereocenters. The number of nitrogens with one attached hydrogen (secondary N) is 1. The maximum atomic E-state index is 13.9. The number of aromatic nitrogens is 4. The lowest BCUT2D eigenvalue weighted by atomic mass is 9.79. The summed E-state index contributed by atoms with van der Waals surface area (Å²) >= 11 is 0. The highest BCUT2D eigenvalue weighted by atomic mass is 19.4. The molecule has 13 heteroatoms. The van der Waals surface area contributed by atoms with E-state index in [-0.39, 0.29) is 34.6 Å². The number of amides is 1. The van der Waals surface area contributed by atoms with E-state index in [4.69, 9.17) is 14.5 Å². The second-order valence-corrected chi connectivity index (χ2v) is 13.2. The van der Waals surface area contributed by atoms with Gasteiger partial charge in [-0.2, -0.15) is 23.3 Å². The van der Waals surface area contributed by atoms with Crippen LogP contribution in [0.1, 0.15) is 30.4 Å². The maximum absolute atomic E-state index is 13.9. The number of aryl methyl sites for hydroxylation is 1. The number of carbonyl (C=O) groups excluding carboxylic acids is 1. The van der Waals surface area contributed by atoms with Crippen molar-refractivity contribution in [1.82, 2.24) is 30.0 Å². The fourth-order valence-corrected chi connectivity index (χ4v) is 7.62. The summed E-state index contributed by atoms with van der Waals surface area (Å²) in [7, 11) is 2.04. The number of nitrogens with zero attached hydrogens (tertiary/aromatic N) is 6. The minimum Gasteiger partial charge on any atom is -0.481 e. The van der Waals surface area contributed by atoms with E-state index in [9.17, 15) is 18.0 Å². The normalized spacial score (nSPS) is 19.3. The molecule has 3 aliphatic rings. The van der Waals surface area contributed by atoms with Gasteiger partial charge in [0.15, 0.2) is 12.4 Å². The van der Waals surface area contributed by atoms with Crippen LogP contribution in [0, 0.1) is 12.3 Å². The third-order valence-corrected chi connectivity index (χ3v) is 10.0. The maximum Gasteiger partial charge on any atom is 0.422 e. The summed E-state index contributed by atoms with van der Waals surface area (Å²) in [4.78, 5) is 27.8. The Hall–Kier alpha value is -4.65. The van der Waals surface area contributed by atoms with E-state index < -0.39 is 12.8 Å². The lowest BCUT2D eigenvalue weighted by molar-refractivity contribution is -0.153. The molecule has 1 N–H and O–H groups in total. The molecule has 3 aliphatic heterocycles. The Morgan fingerprint density at radius 3 is 2.65 bits per heavy atom. The highest BCUT2D eigenvalue weighted by Gasteiger charge is 2.49. The second-order valence-electron chi connectivity index (χ2n) is 13.2. The average Bonchev–Trinajstić information content (AvgIpc) is 3.80. The minimum absolute atomic E-state index is 0.0247. The SMILES string of the molecule is C=CC(=O)N1CC2(CCN(c3c(C=C)c(-c4c(C)ccc5[nH]ncc45)c(OCC(F)(F)F)c4nc(OC[C@@H]5CCCN5C)ncc34)C2)C1. The third-order valence-electron chi connectivity index (χ3n) is 10.0. The van der Waals surface area contributed by atoms with Gasteiger partial charge in [0, 0.05) is 71.3 Å². The molecule has 2 aromatic heterocycles. The minimum atomic E-state index is -4.60. The zero-order valence-corrected chi connectivity index (χ0v) is 27.1. The molecule has 10 nitrogen and oxygen atoms in total. The van der Waals surface area contributed by atoms with E-state index >= 15 is 0 Å². The summed E-state index contributed by atoms with van der Waals surface area (Å²) in [5, 5.41) is 8.48. The summed E-state index contributed by atoms with van der Waals surface area (Å²) in [6.07, 6.45) is 4.55. The van der Waals surface area contributed by atoms with Gasteiger partial charge in [-0.25, -0.2) is 4.98 Å². The van der Waals surface area contributed by atoms with Crippen molar-refractivity contribution in [2.75, 3.05) is 57.9 Å². The number of likely N-dealkylation sites (tertiary alicyclic amines) is 2. The van der Waals surface area contributed by atoms with Gasteiger partial charge >= 0.3 is 12.2 Å². The van der Waals surface area contributed by atoms with E-state index in [0.717, 1.165) is 48.0 Å². The summed E-state index contributed by atoms with van der Waals surface area (Å²) in [6, 6.07) is 4.04. The Balaban J connectivity index is 1.43. The van der Waals surface area contributed by atoms with Gasteiger partial charge in [-0.05, 0) is 57.5 Å². The van der Waals surface area contributed by atoms with E-state index in [1.807, 2.05) is 26.1 Å². The van der Waals surface area contributed by atoms with E-state index in [1.54, 1.807) is 23.4 Å². The molecule has 1 amide bonds. The second kappa shape index (κ2) is 12.1. The molecule has 252 valence electrons. The Morgan fingerprint density at radius 2 is 1.94 bits per heavy atom. The molecular formula is C35H38F3N7O3. The van der Waals surface area contributed by atoms with Crippen molar-refractivity contribution in [1.29, 1.82) is 0 Å². The van der Waals surface area contributed by atoms with E-state index in [0.29, 0.717) is 54.9 Å². The van der Waals surface area contributed by atoms with Crippen molar-refractivity contribution in [2.45, 2.75) is 38.4 Å². The monoisotopic (exact) mass is 661 g/mol. The topological polar surface area (TPSA) is 99.7 Å². The number of hydrogen-bond donors (Lipinski definition) is 1. The number of likely N-dealkylation sites (N-methyl/N-ethyl adjacent to an activating group) is 1. The first-order chi connectivity index (χ1) is 23.0. The largest absolute Gasteiger partial charge is 0.481 e. The van der Waals surface area contributed by atoms with Crippen LogP contribution < -0.4 is 14.4 Å². The van der Waals surface area contributed by atoms with Crippen LogP contribution in [-0.4, -0.2) is 101 Å². The van der Waals surface area contributed by atoms with Crippen molar-refractivity contribution < 1.29 is 27.4 Å². The number of carbonyl (C=O) groups is 1. The van der Waals surface area contributed by atoms with Crippen LogP contribution in [0.15, 0.2) is 43.8 Å². The van der Waals surface area contributed by atoms with Crippen LogP contribution in [0.3, 0.4) is 0 Å². The van der Waals surface area contributed by atoms with E-state index in [2.05, 4.69) is 38.1 Å². The summed E-state index contributed by atoms with van der Waals surface area (Å²) < 4.78 is 53.4. The molecular weight excluding hydrogens is 623 g/mol. The number of anilines is 1. The molecule has 4 aromatic rings. The number of hydrogen-bond acceptors (Lipinski definition) is 8. The quantitative estimate of drug-likeness (QED) is 0.226. The number of ether oxygens (including phenoxy) is 2. The van der Waals surface area contributed by atoms with Crippen LogP contribution in [-0.2, 0) is 4.79 Å². The number of fused-ring (bicyclic) bond motifs is 2. The number of H-pyrrole nitrogens is 1. The van der Waals surface area contributed by atoms with Gasteiger partial charge in [0.25, 0.3) is 0 Å². The zero-order valence-electron chi connectivity index (χ0n) is 27.1. The van der Waals surface area contributed by atoms with Gasteiger partial charge in [0.1, 0.15) is 12.1 Å². The Labute approximate surface area is 276 Å². The molecule has 0 saturated carbocycles. The molecule has 7 rings (SSSR count). The van der Waals surface area contributed by atoms with Crippen molar-refractivity contribution in [3.8, 4) is 22.9 Å². The first kappa shape index (κ1) is 31.9. The van der Waals surface area contributed by atoms with Crippen molar-refractivity contribution in [3.05, 3.63) is 54.9 Å². The number of aromatic amines is 1. The lowest BCUT2D eigenvalue weighted by Gasteiger charge is -2.47. The first-order valence-corrected chi connectivity index (χ1v) is 16.1. The number of benzene rings is 2. The Bertz CT molecular complexity index is 1920. The summed E-state index contributed by atoms with van der Waals surface area (Å²) in [6.45, 7) is 12.0. The van der Waals surface area contributed by atoms with Crippen molar-refractivity contribution >= 4 is 39.5 Å². The molecule has 0 radical (unpaired) electrons. The zero-order chi connectivity index (χ0) is 33.8. The van der Waals surface area contributed by atoms with Gasteiger partial charge in [0.05, 0.1) is 17.4 Å². The van der Waals surface area contributed by atoms with Crippen LogP contribution in [0.5, 0.6) is 11.8 Å². The first-order valence-electron chi connectivity index (χ1n) is 16.1. The smallest absolute Gasteiger partial charge is 0.422 e. The molecule has 2 aromatic carbocycles. The lowest BCUT2D eigenvalue weighted by Crippen LogP contribution is -2.59. The average molecular weight is 662 g/mol. The molecule has 5 heterocycles. The highest BCUT2D eigenvalue weighted by molar-refractivity contribution is 6.11. The van der Waals surface area contributed by atoms with Gasteiger partial charge in [-0.15, -0.1) is 0 Å². The molecule has 0 aliphatic carbocycles. The van der Waals surface area contributed by atoms with Crippen molar-refractivity contribution in [3.63, 3.8) is 0 Å². The predicted molar refractivity (Wildman–Crippen MR) is 178 cm³/mol. The number of halogens is 3. The number of alkyl halides is 3. The fraction of sp³-hybridized carbons (Fsp3) is 0.429. The highest BCUT2D eigenvalue weighted by Crippen LogP contribution is 2.51. The fourth-order valence-electron chi connectivity index (χ4n) is 7.62. The third kappa shape index (κ3) is 5.63. The molecule has 48 heavy (non-hydrogen) atoms. The van der Waals surface area contributed by atoms with Gasteiger partial charge < -0.3 is 24.2 Å². The van der Waals surface area contributed by atoms with Crippen LogP contribution in [0.4, 0.5) is 18.9 Å².